The quantitative estimate of drug-likeness (QED) is 0.793. The summed E-state index contributed by atoms with van der Waals surface area (Å²) in [6, 6.07) is 5.83. The molecule has 3 nitrogen and oxygen atoms in total. The molecule has 122 valence electrons. The van der Waals surface area contributed by atoms with Gasteiger partial charge in [0.05, 0.1) is 11.1 Å². The van der Waals surface area contributed by atoms with Gasteiger partial charge in [0.25, 0.3) is 0 Å². The predicted octanol–water partition coefficient (Wildman–Crippen LogP) is 4.26. The van der Waals surface area contributed by atoms with Crippen LogP contribution in [0, 0.1) is 0 Å². The van der Waals surface area contributed by atoms with Crippen molar-refractivity contribution in [2.45, 2.75) is 31.0 Å². The van der Waals surface area contributed by atoms with Crippen molar-refractivity contribution in [2.24, 2.45) is 0 Å². The fraction of sp³-hybridized carbons (Fsp3) is 0.500. The molecule has 8 heteroatoms. The van der Waals surface area contributed by atoms with Crippen molar-refractivity contribution in [2.75, 3.05) is 11.5 Å². The number of carbonyl (C=O) groups excluding carboxylic acids is 1. The molecule has 0 spiro atoms. The molecule has 22 heavy (non-hydrogen) atoms. The molecule has 1 aliphatic heterocycles. The van der Waals surface area contributed by atoms with Crippen LogP contribution in [-0.2, 0) is 4.79 Å². The zero-order chi connectivity index (χ0) is 16.3. The zero-order valence-electron chi connectivity index (χ0n) is 12.1. The Morgan fingerprint density at radius 1 is 1.50 bits per heavy atom. The van der Waals surface area contributed by atoms with E-state index in [2.05, 4.69) is 4.74 Å². The number of benzene rings is 1. The first-order valence-corrected chi connectivity index (χ1v) is 8.81. The Labute approximate surface area is 135 Å². The summed E-state index contributed by atoms with van der Waals surface area (Å²) in [7, 11) is 0. The van der Waals surface area contributed by atoms with Crippen LogP contribution in [0.1, 0.15) is 24.8 Å². The third kappa shape index (κ3) is 4.25. The molecule has 0 radical (unpaired) electrons. The van der Waals surface area contributed by atoms with E-state index >= 15 is 0 Å². The van der Waals surface area contributed by atoms with Crippen LogP contribution in [0.5, 0.6) is 5.75 Å². The Morgan fingerprint density at radius 2 is 2.23 bits per heavy atom. The highest BCUT2D eigenvalue weighted by atomic mass is 32.2. The van der Waals surface area contributed by atoms with Crippen molar-refractivity contribution >= 4 is 29.4 Å². The average molecular weight is 351 g/mol. The first kappa shape index (κ1) is 17.3. The van der Waals surface area contributed by atoms with Gasteiger partial charge in [-0.25, -0.2) is 0 Å². The van der Waals surface area contributed by atoms with Crippen molar-refractivity contribution in [3.63, 3.8) is 0 Å². The lowest BCUT2D eigenvalue weighted by atomic mass is 10.2. The number of ether oxygens (including phenoxy) is 1. The fourth-order valence-corrected chi connectivity index (χ4v) is 4.48. The Kier molecular flexibility index (Phi) is 5.55. The van der Waals surface area contributed by atoms with Crippen molar-refractivity contribution in [1.29, 1.82) is 0 Å². The van der Waals surface area contributed by atoms with Crippen LogP contribution in [0.3, 0.4) is 0 Å². The van der Waals surface area contributed by atoms with Crippen molar-refractivity contribution in [1.82, 2.24) is 4.90 Å². The summed E-state index contributed by atoms with van der Waals surface area (Å²) in [5, 5.41) is -0.303. The predicted molar refractivity (Wildman–Crippen MR) is 82.8 cm³/mol. The third-order valence-electron chi connectivity index (χ3n) is 3.08. The van der Waals surface area contributed by atoms with E-state index in [9.17, 15) is 18.0 Å². The topological polar surface area (TPSA) is 29.5 Å². The highest BCUT2D eigenvalue weighted by Crippen LogP contribution is 2.42. The Bertz CT molecular complexity index is 539. The second-order valence-corrected chi connectivity index (χ2v) is 7.30. The van der Waals surface area contributed by atoms with Gasteiger partial charge in [0, 0.05) is 0 Å². The van der Waals surface area contributed by atoms with Gasteiger partial charge in [-0.2, -0.15) is 0 Å². The molecule has 1 aromatic carbocycles. The minimum atomic E-state index is -4.72. The molecule has 1 fully saturated rings. The van der Waals surface area contributed by atoms with Crippen LogP contribution < -0.4 is 4.74 Å². The number of nitrogens with zero attached hydrogens (tertiary/aromatic N) is 1. The summed E-state index contributed by atoms with van der Waals surface area (Å²) in [6.07, 6.45) is -4.72. The Morgan fingerprint density at radius 3 is 2.86 bits per heavy atom. The molecule has 1 aliphatic rings. The molecule has 2 atom stereocenters. The van der Waals surface area contributed by atoms with Gasteiger partial charge in [-0.1, -0.05) is 19.1 Å². The Hall–Kier alpha value is -1.02. The van der Waals surface area contributed by atoms with Gasteiger partial charge in [-0.3, -0.25) is 4.79 Å². The first-order chi connectivity index (χ1) is 10.3. The van der Waals surface area contributed by atoms with E-state index in [-0.39, 0.29) is 22.4 Å². The van der Waals surface area contributed by atoms with Gasteiger partial charge < -0.3 is 9.64 Å². The number of hydrogen-bond acceptors (Lipinski definition) is 4. The molecule has 0 N–H and O–H groups in total. The monoisotopic (exact) mass is 351 g/mol. The number of alkyl halides is 3. The van der Waals surface area contributed by atoms with E-state index in [1.807, 2.05) is 13.8 Å². The lowest BCUT2D eigenvalue weighted by molar-refractivity contribution is -0.274. The van der Waals surface area contributed by atoms with E-state index in [1.54, 1.807) is 22.7 Å². The second-order valence-electron chi connectivity index (χ2n) is 4.64. The number of rotatable bonds is 5. The van der Waals surface area contributed by atoms with Crippen LogP contribution in [0.4, 0.5) is 13.2 Å². The lowest BCUT2D eigenvalue weighted by Crippen LogP contribution is -2.34. The van der Waals surface area contributed by atoms with Crippen LogP contribution in [0.25, 0.3) is 0 Å². The maximum Gasteiger partial charge on any atom is 0.573 e. The van der Waals surface area contributed by atoms with Crippen molar-refractivity contribution in [3.8, 4) is 5.75 Å². The lowest BCUT2D eigenvalue weighted by Gasteiger charge is -2.30. The average Bonchev–Trinajstić information content (AvgIpc) is 2.79. The van der Waals surface area contributed by atoms with E-state index in [0.29, 0.717) is 11.3 Å². The highest BCUT2D eigenvalue weighted by molar-refractivity contribution is 8.01. The van der Waals surface area contributed by atoms with Gasteiger partial charge in [-0.05, 0) is 30.4 Å². The molecular formula is C14H16F3NO2S2. The van der Waals surface area contributed by atoms with E-state index in [1.165, 1.54) is 30.0 Å². The number of halogens is 3. The molecule has 2 rings (SSSR count). The molecule has 1 heterocycles. The van der Waals surface area contributed by atoms with Crippen LogP contribution >= 0.6 is 23.5 Å². The number of carbonyl (C=O) groups is 1. The van der Waals surface area contributed by atoms with E-state index < -0.39 is 6.36 Å². The largest absolute Gasteiger partial charge is 0.573 e. The molecule has 2 unspecified atom stereocenters. The summed E-state index contributed by atoms with van der Waals surface area (Å²) < 4.78 is 40.9. The van der Waals surface area contributed by atoms with E-state index in [4.69, 9.17) is 0 Å². The van der Waals surface area contributed by atoms with Gasteiger partial charge in [-0.15, -0.1) is 36.7 Å². The van der Waals surface area contributed by atoms with Crippen molar-refractivity contribution < 1.29 is 22.7 Å². The number of amides is 1. The van der Waals surface area contributed by atoms with Crippen LogP contribution in [0.15, 0.2) is 24.3 Å². The first-order valence-electron chi connectivity index (χ1n) is 6.72. The summed E-state index contributed by atoms with van der Waals surface area (Å²) >= 11 is 3.04. The molecule has 1 saturated heterocycles. The maximum atomic E-state index is 12.3. The van der Waals surface area contributed by atoms with Gasteiger partial charge in [0.2, 0.25) is 5.91 Å². The molecule has 0 aromatic heterocycles. The minimum Gasteiger partial charge on any atom is -0.406 e. The third-order valence-corrected chi connectivity index (χ3v) is 5.35. The normalized spacial score (nSPS) is 20.3. The van der Waals surface area contributed by atoms with Gasteiger partial charge >= 0.3 is 6.36 Å². The molecule has 0 aliphatic carbocycles. The SMILES string of the molecule is CCSC(C)N1C(=O)CSC1c1cccc(OC(F)(F)F)c1. The summed E-state index contributed by atoms with van der Waals surface area (Å²) in [5.74, 6) is 0.940. The van der Waals surface area contributed by atoms with Crippen LogP contribution in [0.2, 0.25) is 0 Å². The summed E-state index contributed by atoms with van der Waals surface area (Å²) in [5.41, 5.74) is 0.640. The maximum absolute atomic E-state index is 12.3. The van der Waals surface area contributed by atoms with Gasteiger partial charge in [0.1, 0.15) is 11.1 Å². The summed E-state index contributed by atoms with van der Waals surface area (Å²) in [6.45, 7) is 3.93. The molecular weight excluding hydrogens is 335 g/mol. The van der Waals surface area contributed by atoms with Crippen LogP contribution in [-0.4, -0.2) is 34.0 Å². The standard InChI is InChI=1S/C14H16F3NO2S2/c1-3-21-9(2)18-12(19)8-22-13(18)10-5-4-6-11(7-10)20-14(15,16)17/h4-7,9,13H,3,8H2,1-2H3. The van der Waals surface area contributed by atoms with Crippen molar-refractivity contribution in [3.05, 3.63) is 29.8 Å². The molecule has 0 bridgehead atoms. The number of hydrogen-bond donors (Lipinski definition) is 0. The smallest absolute Gasteiger partial charge is 0.406 e. The second kappa shape index (κ2) is 7.04. The molecule has 0 saturated carbocycles. The highest BCUT2D eigenvalue weighted by Gasteiger charge is 2.37. The number of thioether (sulfide) groups is 2. The fourth-order valence-electron chi connectivity index (χ4n) is 2.27. The summed E-state index contributed by atoms with van der Waals surface area (Å²) in [4.78, 5) is 13.8. The zero-order valence-corrected chi connectivity index (χ0v) is 13.7. The van der Waals surface area contributed by atoms with E-state index in [0.717, 1.165) is 5.75 Å². The molecule has 1 amide bonds. The molecule has 1 aromatic rings. The Balaban J connectivity index is 2.22. The van der Waals surface area contributed by atoms with Gasteiger partial charge in [0.15, 0.2) is 0 Å². The minimum absolute atomic E-state index is 0.00518.